The van der Waals surface area contributed by atoms with Crippen LogP contribution in [0.25, 0.3) is 10.8 Å². The maximum Gasteiger partial charge on any atom is 0.264 e. The molecule has 0 spiro atoms. The minimum Gasteiger partial charge on any atom is -0.490 e. The summed E-state index contributed by atoms with van der Waals surface area (Å²) in [6, 6.07) is 19.8. The van der Waals surface area contributed by atoms with E-state index in [-0.39, 0.29) is 11.4 Å². The Morgan fingerprint density at radius 2 is 1.59 bits per heavy atom. The monoisotopic (exact) mass is 379 g/mol. The molecule has 0 aromatic heterocycles. The smallest absolute Gasteiger partial charge is 0.264 e. The summed E-state index contributed by atoms with van der Waals surface area (Å²) < 4.78 is 33.3. The van der Waals surface area contributed by atoms with Crippen LogP contribution in [0.15, 0.2) is 96.9 Å². The zero-order chi connectivity index (χ0) is 19.3. The Labute approximate surface area is 160 Å². The minimum atomic E-state index is -3.73. The van der Waals surface area contributed by atoms with Gasteiger partial charge in [-0.1, -0.05) is 49.1 Å². The fraction of sp³-hybridized carbons (Fsp3) is 0.0909. The lowest BCUT2D eigenvalue weighted by molar-refractivity contribution is 0.363. The maximum atomic E-state index is 13.3. The molecule has 5 heteroatoms. The molecule has 138 valence electrons. The number of fused-ring (bicyclic) bond motifs is 1. The van der Waals surface area contributed by atoms with Gasteiger partial charge in [-0.2, -0.15) is 0 Å². The summed E-state index contributed by atoms with van der Waals surface area (Å²) in [6.45, 7) is 7.87. The first kappa shape index (κ1) is 18.7. The van der Waals surface area contributed by atoms with Crippen molar-refractivity contribution in [3.8, 4) is 5.75 Å². The Hall–Kier alpha value is -3.05. The van der Waals surface area contributed by atoms with E-state index in [1.165, 1.54) is 4.31 Å². The quantitative estimate of drug-likeness (QED) is 0.529. The van der Waals surface area contributed by atoms with Gasteiger partial charge in [0.25, 0.3) is 10.0 Å². The van der Waals surface area contributed by atoms with E-state index in [2.05, 4.69) is 13.2 Å². The molecule has 0 radical (unpaired) electrons. The third-order valence-electron chi connectivity index (χ3n) is 4.10. The Kier molecular flexibility index (Phi) is 5.62. The molecule has 3 aromatic carbocycles. The van der Waals surface area contributed by atoms with Crippen LogP contribution in [0, 0.1) is 0 Å². The summed E-state index contributed by atoms with van der Waals surface area (Å²) in [6.07, 6.45) is 3.23. The molecule has 0 atom stereocenters. The van der Waals surface area contributed by atoms with Gasteiger partial charge >= 0.3 is 0 Å². The first-order valence-electron chi connectivity index (χ1n) is 8.52. The SMILES string of the molecule is C=CCOc1ccc(N(CC=C)S(=O)(=O)c2ccc3ccccc3c2)cc1. The van der Waals surface area contributed by atoms with E-state index in [0.29, 0.717) is 18.0 Å². The molecule has 0 aliphatic heterocycles. The molecule has 0 bridgehead atoms. The lowest BCUT2D eigenvalue weighted by Gasteiger charge is -2.23. The minimum absolute atomic E-state index is 0.169. The first-order valence-corrected chi connectivity index (χ1v) is 9.96. The second-order valence-corrected chi connectivity index (χ2v) is 7.79. The van der Waals surface area contributed by atoms with Crippen molar-refractivity contribution in [2.24, 2.45) is 0 Å². The highest BCUT2D eigenvalue weighted by molar-refractivity contribution is 7.92. The topological polar surface area (TPSA) is 46.6 Å². The Bertz CT molecular complexity index is 1060. The van der Waals surface area contributed by atoms with Crippen LogP contribution in [0.4, 0.5) is 5.69 Å². The average Bonchev–Trinajstić information content (AvgIpc) is 2.70. The third-order valence-corrected chi connectivity index (χ3v) is 5.89. The molecule has 0 unspecified atom stereocenters. The molecule has 3 rings (SSSR count). The first-order chi connectivity index (χ1) is 13.1. The molecule has 0 aliphatic rings. The molecule has 27 heavy (non-hydrogen) atoms. The van der Waals surface area contributed by atoms with Crippen molar-refractivity contribution >= 4 is 26.5 Å². The van der Waals surface area contributed by atoms with Crippen LogP contribution in [-0.2, 0) is 10.0 Å². The normalized spacial score (nSPS) is 11.1. The molecule has 0 saturated carbocycles. The number of ether oxygens (including phenoxy) is 1. The highest BCUT2D eigenvalue weighted by Crippen LogP contribution is 2.27. The summed E-state index contributed by atoms with van der Waals surface area (Å²) in [5.41, 5.74) is 0.550. The van der Waals surface area contributed by atoms with Crippen molar-refractivity contribution < 1.29 is 13.2 Å². The molecule has 0 aliphatic carbocycles. The van der Waals surface area contributed by atoms with Gasteiger partial charge in [-0.15, -0.1) is 6.58 Å². The van der Waals surface area contributed by atoms with E-state index in [1.54, 1.807) is 48.6 Å². The number of rotatable bonds is 8. The Morgan fingerprint density at radius 3 is 2.26 bits per heavy atom. The van der Waals surface area contributed by atoms with E-state index >= 15 is 0 Å². The van der Waals surface area contributed by atoms with Crippen molar-refractivity contribution in [2.45, 2.75) is 4.90 Å². The van der Waals surface area contributed by atoms with Crippen molar-refractivity contribution in [2.75, 3.05) is 17.5 Å². The summed E-state index contributed by atoms with van der Waals surface area (Å²) in [5, 5.41) is 1.88. The van der Waals surface area contributed by atoms with Crippen molar-refractivity contribution in [1.29, 1.82) is 0 Å². The van der Waals surface area contributed by atoms with E-state index in [0.717, 1.165) is 10.8 Å². The zero-order valence-electron chi connectivity index (χ0n) is 14.9. The number of hydrogen-bond acceptors (Lipinski definition) is 3. The Balaban J connectivity index is 1.98. The van der Waals surface area contributed by atoms with E-state index in [1.807, 2.05) is 30.3 Å². The molecule has 0 saturated heterocycles. The van der Waals surface area contributed by atoms with E-state index in [9.17, 15) is 8.42 Å². The van der Waals surface area contributed by atoms with Crippen molar-refractivity contribution in [3.05, 3.63) is 92.0 Å². The summed E-state index contributed by atoms with van der Waals surface area (Å²) >= 11 is 0. The van der Waals surface area contributed by atoms with Crippen LogP contribution in [0.2, 0.25) is 0 Å². The molecular weight excluding hydrogens is 358 g/mol. The number of sulfonamides is 1. The molecule has 0 heterocycles. The molecule has 0 N–H and O–H groups in total. The Morgan fingerprint density at radius 1 is 0.889 bits per heavy atom. The van der Waals surface area contributed by atoms with Gasteiger partial charge < -0.3 is 4.74 Å². The fourth-order valence-electron chi connectivity index (χ4n) is 2.78. The highest BCUT2D eigenvalue weighted by Gasteiger charge is 2.24. The van der Waals surface area contributed by atoms with Crippen LogP contribution < -0.4 is 9.04 Å². The molecule has 0 amide bonds. The van der Waals surface area contributed by atoms with Crippen LogP contribution in [-0.4, -0.2) is 21.6 Å². The summed E-state index contributed by atoms with van der Waals surface area (Å²) in [7, 11) is -3.73. The second kappa shape index (κ2) is 8.10. The molecule has 0 fully saturated rings. The summed E-state index contributed by atoms with van der Waals surface area (Å²) in [4.78, 5) is 0.245. The van der Waals surface area contributed by atoms with Gasteiger partial charge in [0.15, 0.2) is 0 Å². The second-order valence-electron chi connectivity index (χ2n) is 5.93. The fourth-order valence-corrected chi connectivity index (χ4v) is 4.25. The van der Waals surface area contributed by atoms with Gasteiger partial charge in [-0.25, -0.2) is 8.42 Å². The lowest BCUT2D eigenvalue weighted by atomic mass is 10.1. The van der Waals surface area contributed by atoms with Gasteiger partial charge in [0.05, 0.1) is 17.1 Å². The maximum absolute atomic E-state index is 13.3. The predicted octanol–water partition coefficient (Wildman–Crippen LogP) is 4.79. The molecule has 3 aromatic rings. The number of benzene rings is 3. The number of anilines is 1. The van der Waals surface area contributed by atoms with Crippen LogP contribution >= 0.6 is 0 Å². The molecular formula is C22H21NO3S. The van der Waals surface area contributed by atoms with Gasteiger partial charge in [0.1, 0.15) is 12.4 Å². The number of hydrogen-bond donors (Lipinski definition) is 0. The van der Waals surface area contributed by atoms with Crippen LogP contribution in [0.1, 0.15) is 0 Å². The zero-order valence-corrected chi connectivity index (χ0v) is 15.7. The van der Waals surface area contributed by atoms with Gasteiger partial charge in [-0.05, 0) is 47.2 Å². The largest absolute Gasteiger partial charge is 0.490 e. The van der Waals surface area contributed by atoms with Crippen molar-refractivity contribution in [3.63, 3.8) is 0 Å². The third kappa shape index (κ3) is 4.04. The van der Waals surface area contributed by atoms with Gasteiger partial charge in [0.2, 0.25) is 0 Å². The predicted molar refractivity (Wildman–Crippen MR) is 111 cm³/mol. The average molecular weight is 379 g/mol. The van der Waals surface area contributed by atoms with Gasteiger partial charge in [-0.3, -0.25) is 4.31 Å². The lowest BCUT2D eigenvalue weighted by Crippen LogP contribution is -2.31. The van der Waals surface area contributed by atoms with Crippen LogP contribution in [0.3, 0.4) is 0 Å². The molecule has 4 nitrogen and oxygen atoms in total. The standard InChI is InChI=1S/C22H21NO3S/c1-3-15-23(20-10-12-21(13-11-20)26-16-4-2)27(24,25)22-14-9-18-7-5-6-8-19(18)17-22/h3-14,17H,1-2,15-16H2. The van der Waals surface area contributed by atoms with Gasteiger partial charge in [0, 0.05) is 0 Å². The summed E-state index contributed by atoms with van der Waals surface area (Å²) in [5.74, 6) is 0.653. The van der Waals surface area contributed by atoms with E-state index < -0.39 is 10.0 Å². The van der Waals surface area contributed by atoms with Crippen molar-refractivity contribution in [1.82, 2.24) is 0 Å². The number of nitrogens with zero attached hydrogens (tertiary/aromatic N) is 1. The highest BCUT2D eigenvalue weighted by atomic mass is 32.2. The van der Waals surface area contributed by atoms with Crippen LogP contribution in [0.5, 0.6) is 5.75 Å². The van der Waals surface area contributed by atoms with E-state index in [4.69, 9.17) is 4.74 Å².